The Morgan fingerprint density at radius 3 is 2.62 bits per heavy atom. The van der Waals surface area contributed by atoms with Gasteiger partial charge in [-0.05, 0) is 23.9 Å². The molecule has 3 rings (SSSR count). The lowest BCUT2D eigenvalue weighted by atomic mass is 9.89. The molecular weight excluding hydrogens is 320 g/mol. The summed E-state index contributed by atoms with van der Waals surface area (Å²) >= 11 is 0. The molecule has 2 heterocycles. The number of likely N-dealkylation sites (tertiary alicyclic amines) is 1. The first-order chi connectivity index (χ1) is 11.2. The maximum Gasteiger partial charge on any atom is 0.0534 e. The summed E-state index contributed by atoms with van der Waals surface area (Å²) in [5, 5.41) is 4.48. The van der Waals surface area contributed by atoms with E-state index in [1.165, 1.54) is 11.1 Å². The molecular formula is C19H29ClN4. The molecule has 2 N–H and O–H groups in total. The van der Waals surface area contributed by atoms with Crippen molar-refractivity contribution in [2.75, 3.05) is 19.6 Å². The normalized spacial score (nSPS) is 21.2. The summed E-state index contributed by atoms with van der Waals surface area (Å²) in [7, 11) is 0. The number of hydrogen-bond acceptors (Lipinski definition) is 3. The van der Waals surface area contributed by atoms with Gasteiger partial charge in [-0.3, -0.25) is 9.58 Å². The Hall–Kier alpha value is -1.36. The lowest BCUT2D eigenvalue weighted by molar-refractivity contribution is 0.316. The Balaban J connectivity index is 0.00000208. The molecule has 0 amide bonds. The van der Waals surface area contributed by atoms with Crippen molar-refractivity contribution in [1.82, 2.24) is 14.7 Å². The molecule has 2 atom stereocenters. The smallest absolute Gasteiger partial charge is 0.0534 e. The Labute approximate surface area is 151 Å². The van der Waals surface area contributed by atoms with E-state index in [-0.39, 0.29) is 12.4 Å². The molecule has 0 aliphatic carbocycles. The van der Waals surface area contributed by atoms with E-state index in [0.29, 0.717) is 17.8 Å². The second-order valence-electron chi connectivity index (χ2n) is 7.17. The lowest BCUT2D eigenvalue weighted by Gasteiger charge is -2.16. The van der Waals surface area contributed by atoms with E-state index in [1.54, 1.807) is 0 Å². The largest absolute Gasteiger partial charge is 0.330 e. The van der Waals surface area contributed by atoms with Gasteiger partial charge in [0.15, 0.2) is 0 Å². The first kappa shape index (κ1) is 19.0. The minimum absolute atomic E-state index is 0. The highest BCUT2D eigenvalue weighted by atomic mass is 35.5. The van der Waals surface area contributed by atoms with Gasteiger partial charge in [0.1, 0.15) is 0 Å². The van der Waals surface area contributed by atoms with Crippen molar-refractivity contribution < 1.29 is 0 Å². The summed E-state index contributed by atoms with van der Waals surface area (Å²) in [6.45, 7) is 9.31. The van der Waals surface area contributed by atoms with Crippen LogP contribution in [0.5, 0.6) is 0 Å². The average molecular weight is 349 g/mol. The van der Waals surface area contributed by atoms with Crippen LogP contribution in [0, 0.1) is 11.8 Å². The number of halogens is 1. The van der Waals surface area contributed by atoms with Gasteiger partial charge >= 0.3 is 0 Å². The van der Waals surface area contributed by atoms with Crippen molar-refractivity contribution in [3.63, 3.8) is 0 Å². The van der Waals surface area contributed by atoms with Crippen LogP contribution in [0.2, 0.25) is 0 Å². The van der Waals surface area contributed by atoms with E-state index in [9.17, 15) is 0 Å². The predicted octanol–water partition coefficient (Wildman–Crippen LogP) is 3.14. The third-order valence-electron chi connectivity index (χ3n) is 4.69. The van der Waals surface area contributed by atoms with Crippen LogP contribution in [0.4, 0.5) is 0 Å². The fraction of sp³-hybridized carbons (Fsp3) is 0.526. The quantitative estimate of drug-likeness (QED) is 0.872. The summed E-state index contributed by atoms with van der Waals surface area (Å²) in [4.78, 5) is 2.52. The van der Waals surface area contributed by atoms with E-state index in [2.05, 4.69) is 65.1 Å². The molecule has 2 aromatic rings. The molecule has 0 saturated carbocycles. The van der Waals surface area contributed by atoms with Gasteiger partial charge < -0.3 is 5.73 Å². The molecule has 0 radical (unpaired) electrons. The zero-order valence-corrected chi connectivity index (χ0v) is 15.5. The second kappa shape index (κ2) is 8.65. The summed E-state index contributed by atoms with van der Waals surface area (Å²) in [6.07, 6.45) is 4.20. The molecule has 4 nitrogen and oxygen atoms in total. The molecule has 5 heteroatoms. The standard InChI is InChI=1S/C19H28N4.ClH/c1-15(2)10-23-12-16(9-21-23)11-22-13-18(8-20)19(14-22)17-6-4-3-5-7-17;/h3-7,9,12,15,18-19H,8,10-11,13-14,20H2,1-2H3;1H/t18-,19+;/m1./s1. The lowest BCUT2D eigenvalue weighted by Crippen LogP contribution is -2.23. The topological polar surface area (TPSA) is 47.1 Å². The van der Waals surface area contributed by atoms with Gasteiger partial charge in [0.2, 0.25) is 0 Å². The van der Waals surface area contributed by atoms with Crippen molar-refractivity contribution in [2.45, 2.75) is 32.9 Å². The van der Waals surface area contributed by atoms with Crippen LogP contribution in [0.1, 0.15) is 30.9 Å². The fourth-order valence-corrected chi connectivity index (χ4v) is 3.63. The highest BCUT2D eigenvalue weighted by Crippen LogP contribution is 2.32. The van der Waals surface area contributed by atoms with Gasteiger partial charge in [-0.15, -0.1) is 12.4 Å². The van der Waals surface area contributed by atoms with Gasteiger partial charge in [0, 0.05) is 43.9 Å². The molecule has 1 aliphatic heterocycles. The Morgan fingerprint density at radius 2 is 1.96 bits per heavy atom. The van der Waals surface area contributed by atoms with E-state index in [4.69, 9.17) is 5.73 Å². The predicted molar refractivity (Wildman–Crippen MR) is 101 cm³/mol. The summed E-state index contributed by atoms with van der Waals surface area (Å²) in [6, 6.07) is 10.8. The van der Waals surface area contributed by atoms with Crippen molar-refractivity contribution in [3.8, 4) is 0 Å². The van der Waals surface area contributed by atoms with Gasteiger partial charge in [-0.1, -0.05) is 44.2 Å². The number of nitrogens with two attached hydrogens (primary N) is 1. The van der Waals surface area contributed by atoms with Crippen LogP contribution in [-0.2, 0) is 13.1 Å². The second-order valence-corrected chi connectivity index (χ2v) is 7.17. The van der Waals surface area contributed by atoms with Crippen LogP contribution >= 0.6 is 12.4 Å². The van der Waals surface area contributed by atoms with Crippen molar-refractivity contribution in [3.05, 3.63) is 53.9 Å². The molecule has 0 unspecified atom stereocenters. The zero-order valence-electron chi connectivity index (χ0n) is 14.6. The molecule has 1 saturated heterocycles. The molecule has 24 heavy (non-hydrogen) atoms. The van der Waals surface area contributed by atoms with Crippen LogP contribution in [-0.4, -0.2) is 34.3 Å². The number of nitrogens with zero attached hydrogens (tertiary/aromatic N) is 3. The highest BCUT2D eigenvalue weighted by Gasteiger charge is 2.32. The van der Waals surface area contributed by atoms with E-state index in [1.807, 2.05) is 6.20 Å². The number of rotatable bonds is 6. The van der Waals surface area contributed by atoms with Gasteiger partial charge in [-0.2, -0.15) is 5.10 Å². The monoisotopic (exact) mass is 348 g/mol. The molecule has 132 valence electrons. The SMILES string of the molecule is CC(C)Cn1cc(CN2C[C@@H](CN)[C@H](c3ccccc3)C2)cn1.Cl. The minimum atomic E-state index is 0. The number of aromatic nitrogens is 2. The number of hydrogen-bond donors (Lipinski definition) is 1. The van der Waals surface area contributed by atoms with Crippen LogP contribution in [0.3, 0.4) is 0 Å². The Morgan fingerprint density at radius 1 is 1.21 bits per heavy atom. The Bertz CT molecular complexity index is 611. The maximum atomic E-state index is 6.03. The third-order valence-corrected chi connectivity index (χ3v) is 4.69. The molecule has 1 fully saturated rings. The summed E-state index contributed by atoms with van der Waals surface area (Å²) in [5.41, 5.74) is 8.75. The number of benzene rings is 1. The average Bonchev–Trinajstić information content (AvgIpc) is 3.14. The highest BCUT2D eigenvalue weighted by molar-refractivity contribution is 5.85. The first-order valence-electron chi connectivity index (χ1n) is 8.64. The van der Waals surface area contributed by atoms with E-state index in [0.717, 1.165) is 32.7 Å². The molecule has 0 bridgehead atoms. The molecule has 1 aromatic carbocycles. The van der Waals surface area contributed by atoms with Crippen molar-refractivity contribution in [1.29, 1.82) is 0 Å². The summed E-state index contributed by atoms with van der Waals surface area (Å²) < 4.78 is 2.06. The van der Waals surface area contributed by atoms with Gasteiger partial charge in [0.05, 0.1) is 6.20 Å². The van der Waals surface area contributed by atoms with E-state index < -0.39 is 0 Å². The Kier molecular flexibility index (Phi) is 6.84. The van der Waals surface area contributed by atoms with Crippen molar-refractivity contribution >= 4 is 12.4 Å². The van der Waals surface area contributed by atoms with Gasteiger partial charge in [0.25, 0.3) is 0 Å². The van der Waals surface area contributed by atoms with E-state index >= 15 is 0 Å². The first-order valence-corrected chi connectivity index (χ1v) is 8.64. The minimum Gasteiger partial charge on any atom is -0.330 e. The zero-order chi connectivity index (χ0) is 16.2. The van der Waals surface area contributed by atoms with Crippen molar-refractivity contribution in [2.24, 2.45) is 17.6 Å². The van der Waals surface area contributed by atoms with Crippen LogP contribution in [0.25, 0.3) is 0 Å². The summed E-state index contributed by atoms with van der Waals surface area (Å²) in [5.74, 6) is 1.72. The van der Waals surface area contributed by atoms with Crippen LogP contribution in [0.15, 0.2) is 42.7 Å². The molecule has 1 aromatic heterocycles. The van der Waals surface area contributed by atoms with Gasteiger partial charge in [-0.25, -0.2) is 0 Å². The molecule has 0 spiro atoms. The maximum absolute atomic E-state index is 6.03. The molecule has 1 aliphatic rings. The van der Waals surface area contributed by atoms with Crippen LogP contribution < -0.4 is 5.73 Å². The fourth-order valence-electron chi connectivity index (χ4n) is 3.63. The third kappa shape index (κ3) is 4.59.